The molecule has 1 aromatic rings. The number of ether oxygens (including phenoxy) is 1. The third-order valence-electron chi connectivity index (χ3n) is 2.17. The molecule has 0 spiro atoms. The normalized spacial score (nSPS) is 11.4. The monoisotopic (exact) mass is 232 g/mol. The third-order valence-corrected chi connectivity index (χ3v) is 2.17. The van der Waals surface area contributed by atoms with Crippen molar-refractivity contribution in [2.24, 2.45) is 0 Å². The minimum atomic E-state index is -4.56. The highest BCUT2D eigenvalue weighted by Gasteiger charge is 2.36. The Balaban J connectivity index is 3.51. The highest BCUT2D eigenvalue weighted by molar-refractivity contribution is 5.93. The fraction of sp³-hybridized carbons (Fsp3) is 0.364. The predicted octanol–water partition coefficient (Wildman–Crippen LogP) is 3.11. The van der Waals surface area contributed by atoms with Crippen molar-refractivity contribution < 1.29 is 22.7 Å². The lowest BCUT2D eigenvalue weighted by atomic mass is 9.98. The number of methoxy groups -OCH3 is 1. The highest BCUT2D eigenvalue weighted by atomic mass is 19.4. The van der Waals surface area contributed by atoms with Crippen LogP contribution in [0.4, 0.5) is 13.2 Å². The van der Waals surface area contributed by atoms with E-state index in [1.807, 2.05) is 0 Å². The van der Waals surface area contributed by atoms with E-state index in [4.69, 9.17) is 0 Å². The van der Waals surface area contributed by atoms with Gasteiger partial charge >= 0.3 is 12.1 Å². The van der Waals surface area contributed by atoms with Gasteiger partial charge in [0, 0.05) is 0 Å². The Morgan fingerprint density at radius 1 is 1.25 bits per heavy atom. The molecule has 0 radical (unpaired) electrons. The highest BCUT2D eigenvalue weighted by Crippen LogP contribution is 2.34. The summed E-state index contributed by atoms with van der Waals surface area (Å²) in [5, 5.41) is 0. The van der Waals surface area contributed by atoms with Crippen LogP contribution in [0.5, 0.6) is 0 Å². The summed E-state index contributed by atoms with van der Waals surface area (Å²) in [4.78, 5) is 11.3. The molecule has 0 aliphatic heterocycles. The van der Waals surface area contributed by atoms with Gasteiger partial charge in [0.05, 0.1) is 18.2 Å². The molecule has 88 valence electrons. The number of halogens is 3. The van der Waals surface area contributed by atoms with Gasteiger partial charge in [-0.15, -0.1) is 0 Å². The van der Waals surface area contributed by atoms with E-state index in [1.165, 1.54) is 13.0 Å². The average Bonchev–Trinajstić information content (AvgIpc) is 2.14. The number of aryl methyl sites for hydroxylation is 2. The van der Waals surface area contributed by atoms with E-state index in [2.05, 4.69) is 4.74 Å². The molecule has 2 nitrogen and oxygen atoms in total. The van der Waals surface area contributed by atoms with Gasteiger partial charge in [0.2, 0.25) is 0 Å². The number of alkyl halides is 3. The lowest BCUT2D eigenvalue weighted by Crippen LogP contribution is -2.16. The average molecular weight is 232 g/mol. The van der Waals surface area contributed by atoms with Crippen molar-refractivity contribution in [2.45, 2.75) is 20.0 Å². The van der Waals surface area contributed by atoms with Gasteiger partial charge in [-0.05, 0) is 25.5 Å². The first kappa shape index (κ1) is 12.5. The van der Waals surface area contributed by atoms with Crippen LogP contribution in [0, 0.1) is 13.8 Å². The van der Waals surface area contributed by atoms with E-state index in [0.717, 1.165) is 13.2 Å². The SMILES string of the molecule is COC(=O)c1c(C)cc(C)cc1C(F)(F)F. The first-order chi connectivity index (χ1) is 7.27. The van der Waals surface area contributed by atoms with Gasteiger partial charge in [-0.25, -0.2) is 4.79 Å². The van der Waals surface area contributed by atoms with Crippen LogP contribution in [0.2, 0.25) is 0 Å². The van der Waals surface area contributed by atoms with Gasteiger partial charge in [0.1, 0.15) is 0 Å². The van der Waals surface area contributed by atoms with Gasteiger partial charge in [0.15, 0.2) is 0 Å². The lowest BCUT2D eigenvalue weighted by molar-refractivity contribution is -0.138. The molecule has 5 heteroatoms. The molecule has 16 heavy (non-hydrogen) atoms. The summed E-state index contributed by atoms with van der Waals surface area (Å²) < 4.78 is 42.4. The Morgan fingerprint density at radius 2 is 1.81 bits per heavy atom. The van der Waals surface area contributed by atoms with E-state index < -0.39 is 23.3 Å². The molecule has 0 N–H and O–H groups in total. The molecule has 0 saturated carbocycles. The van der Waals surface area contributed by atoms with Crippen molar-refractivity contribution >= 4 is 5.97 Å². The molecule has 0 heterocycles. The molecule has 0 atom stereocenters. The second-order valence-electron chi connectivity index (χ2n) is 3.49. The van der Waals surface area contributed by atoms with Crippen molar-refractivity contribution in [2.75, 3.05) is 7.11 Å². The van der Waals surface area contributed by atoms with Crippen molar-refractivity contribution in [3.63, 3.8) is 0 Å². The van der Waals surface area contributed by atoms with Crippen LogP contribution in [0.15, 0.2) is 12.1 Å². The number of esters is 1. The topological polar surface area (TPSA) is 26.3 Å². The first-order valence-corrected chi connectivity index (χ1v) is 4.54. The number of hydrogen-bond donors (Lipinski definition) is 0. The zero-order valence-corrected chi connectivity index (χ0v) is 9.11. The van der Waals surface area contributed by atoms with Crippen molar-refractivity contribution in [3.05, 3.63) is 34.4 Å². The second-order valence-corrected chi connectivity index (χ2v) is 3.49. The molecular formula is C11H11F3O2. The fourth-order valence-electron chi connectivity index (χ4n) is 1.56. The van der Waals surface area contributed by atoms with E-state index in [-0.39, 0.29) is 5.56 Å². The summed E-state index contributed by atoms with van der Waals surface area (Å²) in [6.07, 6.45) is -4.56. The summed E-state index contributed by atoms with van der Waals surface area (Å²) in [7, 11) is 1.06. The minimum Gasteiger partial charge on any atom is -0.465 e. The molecule has 0 fully saturated rings. The summed E-state index contributed by atoms with van der Waals surface area (Å²) in [5.41, 5.74) is -0.644. The largest absolute Gasteiger partial charge is 0.465 e. The summed E-state index contributed by atoms with van der Waals surface area (Å²) >= 11 is 0. The molecular weight excluding hydrogens is 221 g/mol. The minimum absolute atomic E-state index is 0.263. The molecule has 0 aliphatic rings. The van der Waals surface area contributed by atoms with Gasteiger partial charge < -0.3 is 4.74 Å². The Kier molecular flexibility index (Phi) is 3.26. The Morgan fingerprint density at radius 3 is 2.25 bits per heavy atom. The van der Waals surface area contributed by atoms with E-state index in [1.54, 1.807) is 6.92 Å². The van der Waals surface area contributed by atoms with E-state index >= 15 is 0 Å². The van der Waals surface area contributed by atoms with Crippen LogP contribution < -0.4 is 0 Å². The fourth-order valence-corrected chi connectivity index (χ4v) is 1.56. The van der Waals surface area contributed by atoms with E-state index in [9.17, 15) is 18.0 Å². The number of carbonyl (C=O) groups excluding carboxylic acids is 1. The molecule has 0 aromatic heterocycles. The lowest BCUT2D eigenvalue weighted by Gasteiger charge is -2.14. The van der Waals surface area contributed by atoms with Gasteiger partial charge in [-0.1, -0.05) is 11.6 Å². The van der Waals surface area contributed by atoms with Crippen LogP contribution in [-0.4, -0.2) is 13.1 Å². The standard InChI is InChI=1S/C11H11F3O2/c1-6-4-7(2)9(10(15)16-3)8(5-6)11(12,13)14/h4-5H,1-3H3. The Hall–Kier alpha value is -1.52. The third kappa shape index (κ3) is 2.35. The Bertz CT molecular complexity index is 422. The van der Waals surface area contributed by atoms with Crippen LogP contribution in [-0.2, 0) is 10.9 Å². The van der Waals surface area contributed by atoms with Crippen LogP contribution in [0.1, 0.15) is 27.0 Å². The summed E-state index contributed by atoms with van der Waals surface area (Å²) in [5.74, 6) is -0.968. The zero-order chi connectivity index (χ0) is 12.5. The second kappa shape index (κ2) is 4.15. The van der Waals surface area contributed by atoms with Crippen LogP contribution >= 0.6 is 0 Å². The maximum Gasteiger partial charge on any atom is 0.417 e. The number of hydrogen-bond acceptors (Lipinski definition) is 2. The summed E-state index contributed by atoms with van der Waals surface area (Å²) in [6.45, 7) is 3.00. The molecule has 1 rings (SSSR count). The predicted molar refractivity (Wildman–Crippen MR) is 52.3 cm³/mol. The maximum absolute atomic E-state index is 12.7. The van der Waals surface area contributed by atoms with Crippen LogP contribution in [0.25, 0.3) is 0 Å². The molecule has 1 aromatic carbocycles. The van der Waals surface area contributed by atoms with Gasteiger partial charge in [-0.2, -0.15) is 13.2 Å². The van der Waals surface area contributed by atoms with Crippen LogP contribution in [0.3, 0.4) is 0 Å². The quantitative estimate of drug-likeness (QED) is 0.695. The van der Waals surface area contributed by atoms with Crippen molar-refractivity contribution in [3.8, 4) is 0 Å². The van der Waals surface area contributed by atoms with Crippen molar-refractivity contribution in [1.29, 1.82) is 0 Å². The summed E-state index contributed by atoms with van der Waals surface area (Å²) in [6, 6.07) is 2.46. The zero-order valence-electron chi connectivity index (χ0n) is 9.11. The van der Waals surface area contributed by atoms with Gasteiger partial charge in [0.25, 0.3) is 0 Å². The maximum atomic E-state index is 12.7. The molecule has 0 unspecified atom stereocenters. The number of carbonyl (C=O) groups is 1. The first-order valence-electron chi connectivity index (χ1n) is 4.54. The molecule has 0 amide bonds. The molecule has 0 saturated heterocycles. The van der Waals surface area contributed by atoms with Gasteiger partial charge in [-0.3, -0.25) is 0 Å². The van der Waals surface area contributed by atoms with Crippen molar-refractivity contribution in [1.82, 2.24) is 0 Å². The molecule has 0 bridgehead atoms. The van der Waals surface area contributed by atoms with E-state index in [0.29, 0.717) is 5.56 Å². The number of rotatable bonds is 1. The Labute approximate surface area is 91.0 Å². The molecule has 0 aliphatic carbocycles. The number of benzene rings is 1. The smallest absolute Gasteiger partial charge is 0.417 e.